The van der Waals surface area contributed by atoms with Gasteiger partial charge >= 0.3 is 0 Å². The molecule has 0 saturated carbocycles. The highest BCUT2D eigenvalue weighted by Gasteiger charge is 2.42. The lowest BCUT2D eigenvalue weighted by molar-refractivity contribution is 0.0663. The van der Waals surface area contributed by atoms with E-state index in [4.69, 9.17) is 22.3 Å². The Bertz CT molecular complexity index is 1570. The summed E-state index contributed by atoms with van der Waals surface area (Å²) in [5.74, 6) is 3.48. The van der Waals surface area contributed by atoms with Crippen LogP contribution in [0, 0.1) is 12.3 Å². The Morgan fingerprint density at radius 1 is 1.10 bits per heavy atom. The van der Waals surface area contributed by atoms with Gasteiger partial charge in [0.1, 0.15) is 5.54 Å². The molecule has 2 heterocycles. The molecule has 210 valence electrons. The minimum atomic E-state index is -0.881. The zero-order valence-electron chi connectivity index (χ0n) is 23.8. The third kappa shape index (κ3) is 5.75. The Balaban J connectivity index is 1.55. The Hall–Kier alpha value is -4.41. The van der Waals surface area contributed by atoms with Gasteiger partial charge in [0.15, 0.2) is 0 Å². The van der Waals surface area contributed by atoms with E-state index in [9.17, 15) is 4.79 Å². The van der Waals surface area contributed by atoms with Crippen LogP contribution in [0.25, 0.3) is 22.6 Å². The molecule has 2 atom stereocenters. The van der Waals surface area contributed by atoms with Crippen LogP contribution in [0.4, 0.5) is 5.69 Å². The first-order valence-electron chi connectivity index (χ1n) is 14.2. The van der Waals surface area contributed by atoms with Crippen molar-refractivity contribution in [3.8, 4) is 34.9 Å². The molecule has 3 aromatic carbocycles. The fraction of sp³-hybridized carbons (Fsp3) is 0.324. The van der Waals surface area contributed by atoms with Crippen LogP contribution >= 0.6 is 0 Å². The Kier molecular flexibility index (Phi) is 7.96. The number of para-hydroxylation sites is 1. The molecule has 0 aliphatic carbocycles. The van der Waals surface area contributed by atoms with Crippen molar-refractivity contribution in [2.75, 3.05) is 12.3 Å². The van der Waals surface area contributed by atoms with Gasteiger partial charge in [-0.15, -0.1) is 16.6 Å². The molecule has 1 aliphatic heterocycles. The minimum absolute atomic E-state index is 0.110. The number of aromatic nitrogens is 2. The minimum Gasteiger partial charge on any atom is -0.419 e. The van der Waals surface area contributed by atoms with Gasteiger partial charge in [-0.3, -0.25) is 4.79 Å². The number of nitrogen functional groups attached to an aromatic ring is 1. The average molecular weight is 548 g/mol. The van der Waals surface area contributed by atoms with Crippen molar-refractivity contribution >= 4 is 11.6 Å². The van der Waals surface area contributed by atoms with E-state index in [0.29, 0.717) is 35.7 Å². The number of anilines is 1. The summed E-state index contributed by atoms with van der Waals surface area (Å²) in [6.07, 6.45) is 11.0. The summed E-state index contributed by atoms with van der Waals surface area (Å²) in [4.78, 5) is 16.0. The number of hydrogen-bond donors (Lipinski definition) is 2. The van der Waals surface area contributed by atoms with Gasteiger partial charge < -0.3 is 20.8 Å². The summed E-state index contributed by atoms with van der Waals surface area (Å²) in [5.41, 5.74) is 15.9. The number of carbonyl (C=O) groups is 1. The SMILES string of the molecule is C#CC1(CCCC)CCCN1C(=O)c1cc(-c2nnc([C@](C)(N)Cc3ccccc3)o2)cc(-c2ccccc2N)c1. The highest BCUT2D eigenvalue weighted by Crippen LogP contribution is 2.37. The van der Waals surface area contributed by atoms with Crippen LogP contribution < -0.4 is 11.5 Å². The highest BCUT2D eigenvalue weighted by molar-refractivity contribution is 5.98. The third-order valence-corrected chi connectivity index (χ3v) is 7.97. The molecular weight excluding hydrogens is 510 g/mol. The quantitative estimate of drug-likeness (QED) is 0.191. The zero-order valence-corrected chi connectivity index (χ0v) is 23.8. The number of unbranched alkanes of at least 4 members (excludes halogenated alkanes) is 1. The van der Waals surface area contributed by atoms with Crippen LogP contribution in [-0.2, 0) is 12.0 Å². The van der Waals surface area contributed by atoms with Gasteiger partial charge in [0, 0.05) is 28.9 Å². The number of carbonyl (C=O) groups excluding carboxylic acids is 1. The number of benzene rings is 3. The maximum Gasteiger partial charge on any atom is 0.255 e. The molecule has 7 nitrogen and oxygen atoms in total. The Labute approximate surface area is 242 Å². The second-order valence-electron chi connectivity index (χ2n) is 11.2. The predicted octanol–water partition coefficient (Wildman–Crippen LogP) is 6.20. The van der Waals surface area contributed by atoms with Crippen LogP contribution in [0.5, 0.6) is 0 Å². The molecule has 41 heavy (non-hydrogen) atoms. The molecule has 4 N–H and O–H groups in total. The fourth-order valence-corrected chi connectivity index (χ4v) is 5.74. The molecule has 5 rings (SSSR count). The summed E-state index contributed by atoms with van der Waals surface area (Å²) in [7, 11) is 0. The summed E-state index contributed by atoms with van der Waals surface area (Å²) in [6.45, 7) is 4.63. The van der Waals surface area contributed by atoms with Crippen molar-refractivity contribution in [1.82, 2.24) is 15.1 Å². The molecule has 0 spiro atoms. The molecule has 1 unspecified atom stereocenters. The number of terminal acetylenes is 1. The topological polar surface area (TPSA) is 111 Å². The molecule has 0 bridgehead atoms. The smallest absolute Gasteiger partial charge is 0.255 e. The largest absolute Gasteiger partial charge is 0.419 e. The van der Waals surface area contributed by atoms with Gasteiger partial charge in [-0.25, -0.2) is 0 Å². The molecule has 1 amide bonds. The van der Waals surface area contributed by atoms with Gasteiger partial charge in [-0.2, -0.15) is 0 Å². The van der Waals surface area contributed by atoms with Gasteiger partial charge in [-0.05, 0) is 68.0 Å². The number of nitrogens with zero attached hydrogens (tertiary/aromatic N) is 3. The van der Waals surface area contributed by atoms with Crippen molar-refractivity contribution < 1.29 is 9.21 Å². The standard InChI is InChI=1S/C34H37N5O2/c1-4-6-17-34(5-2)18-12-19-39(34)31(40)27-21-25(28-15-10-11-16-29(28)35)20-26(22-27)30-37-38-32(41-30)33(3,36)23-24-13-8-7-9-14-24/h2,7-11,13-16,20-22H,4,6,12,17-19,23,35-36H2,1,3H3/t33-,34?/m1/s1. The van der Waals surface area contributed by atoms with Crippen LogP contribution in [0.1, 0.15) is 67.8 Å². The Morgan fingerprint density at radius 3 is 2.56 bits per heavy atom. The van der Waals surface area contributed by atoms with Gasteiger partial charge in [0.05, 0.1) is 5.54 Å². The first-order valence-corrected chi connectivity index (χ1v) is 14.2. The van der Waals surface area contributed by atoms with Crippen LogP contribution in [-0.4, -0.2) is 33.1 Å². The van der Waals surface area contributed by atoms with Crippen LogP contribution in [0.15, 0.2) is 77.2 Å². The first kappa shape index (κ1) is 28.1. The van der Waals surface area contributed by atoms with E-state index >= 15 is 0 Å². The molecule has 1 fully saturated rings. The van der Waals surface area contributed by atoms with Crippen molar-refractivity contribution in [3.63, 3.8) is 0 Å². The number of nitrogens with two attached hydrogens (primary N) is 2. The van der Waals surface area contributed by atoms with Crippen molar-refractivity contribution in [1.29, 1.82) is 0 Å². The van der Waals surface area contributed by atoms with E-state index in [1.54, 1.807) is 6.07 Å². The lowest BCUT2D eigenvalue weighted by Gasteiger charge is -2.34. The molecular formula is C34H37N5O2. The molecule has 0 radical (unpaired) electrons. The van der Waals surface area contributed by atoms with E-state index in [0.717, 1.165) is 48.8 Å². The molecule has 1 saturated heterocycles. The van der Waals surface area contributed by atoms with Crippen molar-refractivity contribution in [2.24, 2.45) is 5.73 Å². The average Bonchev–Trinajstić information content (AvgIpc) is 3.65. The molecule has 7 heteroatoms. The Morgan fingerprint density at radius 2 is 1.83 bits per heavy atom. The van der Waals surface area contributed by atoms with E-state index < -0.39 is 11.1 Å². The summed E-state index contributed by atoms with van der Waals surface area (Å²) < 4.78 is 6.17. The number of rotatable bonds is 9. The molecule has 1 aromatic heterocycles. The van der Waals surface area contributed by atoms with Crippen LogP contribution in [0.2, 0.25) is 0 Å². The van der Waals surface area contributed by atoms with E-state index in [-0.39, 0.29) is 11.8 Å². The predicted molar refractivity (Wildman–Crippen MR) is 163 cm³/mol. The fourth-order valence-electron chi connectivity index (χ4n) is 5.74. The van der Waals surface area contributed by atoms with Crippen LogP contribution in [0.3, 0.4) is 0 Å². The maximum absolute atomic E-state index is 14.1. The van der Waals surface area contributed by atoms with Gasteiger partial charge in [0.2, 0.25) is 11.8 Å². The first-order chi connectivity index (χ1) is 19.8. The van der Waals surface area contributed by atoms with E-state index in [1.165, 1.54) is 0 Å². The normalized spacial score (nSPS) is 18.1. The third-order valence-electron chi connectivity index (χ3n) is 7.97. The second-order valence-corrected chi connectivity index (χ2v) is 11.2. The summed E-state index contributed by atoms with van der Waals surface area (Å²) in [6, 6.07) is 23.1. The molecule has 1 aliphatic rings. The van der Waals surface area contributed by atoms with E-state index in [1.807, 2.05) is 78.6 Å². The lowest BCUT2D eigenvalue weighted by atomic mass is 9.89. The van der Waals surface area contributed by atoms with Gasteiger partial charge in [0.25, 0.3) is 5.91 Å². The number of amides is 1. The summed E-state index contributed by atoms with van der Waals surface area (Å²) in [5, 5.41) is 8.66. The highest BCUT2D eigenvalue weighted by atomic mass is 16.4. The maximum atomic E-state index is 14.1. The monoisotopic (exact) mass is 547 g/mol. The molecule has 4 aromatic rings. The summed E-state index contributed by atoms with van der Waals surface area (Å²) >= 11 is 0. The van der Waals surface area contributed by atoms with Crippen molar-refractivity contribution in [2.45, 2.75) is 63.5 Å². The van der Waals surface area contributed by atoms with E-state index in [2.05, 4.69) is 23.0 Å². The van der Waals surface area contributed by atoms with Crippen molar-refractivity contribution in [3.05, 3.63) is 89.8 Å². The number of hydrogen-bond acceptors (Lipinski definition) is 6. The lowest BCUT2D eigenvalue weighted by Crippen LogP contribution is -2.46. The number of likely N-dealkylation sites (tertiary alicyclic amines) is 1. The zero-order chi connectivity index (χ0) is 29.0. The van der Waals surface area contributed by atoms with Gasteiger partial charge in [-0.1, -0.05) is 74.2 Å². The second kappa shape index (κ2) is 11.6.